The van der Waals surface area contributed by atoms with Crippen LogP contribution in [0.1, 0.15) is 50.8 Å². The van der Waals surface area contributed by atoms with Crippen molar-refractivity contribution in [2.45, 2.75) is 57.5 Å². The summed E-state index contributed by atoms with van der Waals surface area (Å²) in [6.07, 6.45) is 11.6. The Labute approximate surface area is 153 Å². The van der Waals surface area contributed by atoms with E-state index in [2.05, 4.69) is 20.4 Å². The van der Waals surface area contributed by atoms with Gasteiger partial charge in [-0.25, -0.2) is 0 Å². The van der Waals surface area contributed by atoms with Crippen molar-refractivity contribution in [3.63, 3.8) is 0 Å². The van der Waals surface area contributed by atoms with Gasteiger partial charge in [-0.2, -0.15) is 4.98 Å². The van der Waals surface area contributed by atoms with Crippen molar-refractivity contribution in [2.75, 3.05) is 13.2 Å². The number of hydrogen-bond acceptors (Lipinski definition) is 6. The van der Waals surface area contributed by atoms with Gasteiger partial charge in [0, 0.05) is 44.0 Å². The van der Waals surface area contributed by atoms with Crippen molar-refractivity contribution < 1.29 is 14.1 Å². The van der Waals surface area contributed by atoms with Crippen LogP contribution < -0.4 is 5.32 Å². The maximum absolute atomic E-state index is 11.9. The second kappa shape index (κ2) is 10.0. The fourth-order valence-corrected chi connectivity index (χ4v) is 3.07. The van der Waals surface area contributed by atoms with Gasteiger partial charge in [-0.15, -0.1) is 0 Å². The molecule has 1 aliphatic rings. The highest BCUT2D eigenvalue weighted by Crippen LogP contribution is 2.20. The number of amides is 1. The smallest absolute Gasteiger partial charge is 0.227 e. The molecule has 2 aromatic rings. The van der Waals surface area contributed by atoms with Gasteiger partial charge in [0.1, 0.15) is 0 Å². The molecule has 0 aliphatic heterocycles. The number of aromatic nitrogens is 3. The van der Waals surface area contributed by atoms with Gasteiger partial charge in [0.25, 0.3) is 0 Å². The molecule has 0 radical (unpaired) electrons. The molecule has 26 heavy (non-hydrogen) atoms. The Bertz CT molecular complexity index is 668. The van der Waals surface area contributed by atoms with Crippen LogP contribution in [0, 0.1) is 0 Å². The predicted molar refractivity (Wildman–Crippen MR) is 96.3 cm³/mol. The minimum atomic E-state index is -0.00803. The van der Waals surface area contributed by atoms with Crippen LogP contribution in [0.15, 0.2) is 29.0 Å². The number of carbonyl (C=O) groups is 1. The molecule has 2 heterocycles. The minimum absolute atomic E-state index is 0.00803. The molecule has 1 aliphatic carbocycles. The molecule has 7 nitrogen and oxygen atoms in total. The first-order valence-electron chi connectivity index (χ1n) is 9.42. The number of aryl methyl sites for hydroxylation is 1. The van der Waals surface area contributed by atoms with Crippen LogP contribution in [0.3, 0.4) is 0 Å². The Morgan fingerprint density at radius 3 is 2.85 bits per heavy atom. The second-order valence-electron chi connectivity index (χ2n) is 6.58. The van der Waals surface area contributed by atoms with Gasteiger partial charge < -0.3 is 14.6 Å². The summed E-state index contributed by atoms with van der Waals surface area (Å²) in [4.78, 5) is 20.2. The summed E-state index contributed by atoms with van der Waals surface area (Å²) in [6.45, 7) is 1.35. The quantitative estimate of drug-likeness (QED) is 0.693. The number of ether oxygens (including phenoxy) is 1. The molecule has 140 valence electrons. The lowest BCUT2D eigenvalue weighted by Gasteiger charge is -2.21. The summed E-state index contributed by atoms with van der Waals surface area (Å²) in [7, 11) is 0. The van der Waals surface area contributed by atoms with Crippen molar-refractivity contribution in [1.82, 2.24) is 20.4 Å². The third kappa shape index (κ3) is 5.91. The van der Waals surface area contributed by atoms with Crippen molar-refractivity contribution in [2.24, 2.45) is 0 Å². The van der Waals surface area contributed by atoms with Crippen molar-refractivity contribution in [3.05, 3.63) is 30.4 Å². The van der Waals surface area contributed by atoms with E-state index in [0.29, 0.717) is 43.8 Å². The van der Waals surface area contributed by atoms with Gasteiger partial charge in [0.15, 0.2) is 0 Å². The fraction of sp³-hybridized carbons (Fsp3) is 0.579. The largest absolute Gasteiger partial charge is 0.378 e. The lowest BCUT2D eigenvalue weighted by molar-refractivity contribution is -0.121. The predicted octanol–water partition coefficient (Wildman–Crippen LogP) is 2.92. The van der Waals surface area contributed by atoms with Gasteiger partial charge in [-0.3, -0.25) is 9.78 Å². The van der Waals surface area contributed by atoms with Gasteiger partial charge in [0.2, 0.25) is 17.6 Å². The van der Waals surface area contributed by atoms with E-state index in [1.54, 1.807) is 12.4 Å². The van der Waals surface area contributed by atoms with Gasteiger partial charge >= 0.3 is 0 Å². The molecule has 0 spiro atoms. The molecule has 0 bridgehead atoms. The zero-order chi connectivity index (χ0) is 18.0. The molecule has 1 saturated carbocycles. The van der Waals surface area contributed by atoms with Gasteiger partial charge in [-0.05, 0) is 31.4 Å². The number of rotatable bonds is 9. The number of hydrogen-bond donors (Lipinski definition) is 1. The lowest BCUT2D eigenvalue weighted by Crippen LogP contribution is -2.26. The second-order valence-corrected chi connectivity index (χ2v) is 6.58. The zero-order valence-electron chi connectivity index (χ0n) is 15.0. The summed E-state index contributed by atoms with van der Waals surface area (Å²) in [5.74, 6) is 0.974. The highest BCUT2D eigenvalue weighted by Gasteiger charge is 2.13. The first-order valence-corrected chi connectivity index (χ1v) is 9.42. The van der Waals surface area contributed by atoms with E-state index in [4.69, 9.17) is 9.26 Å². The fourth-order valence-electron chi connectivity index (χ4n) is 3.07. The maximum Gasteiger partial charge on any atom is 0.227 e. The van der Waals surface area contributed by atoms with Crippen LogP contribution in [0.4, 0.5) is 0 Å². The van der Waals surface area contributed by atoms with E-state index in [1.165, 1.54) is 32.1 Å². The van der Waals surface area contributed by atoms with Crippen LogP contribution in [0.5, 0.6) is 0 Å². The van der Waals surface area contributed by atoms with Crippen LogP contribution in [0.2, 0.25) is 0 Å². The monoisotopic (exact) mass is 358 g/mol. The molecule has 0 aromatic carbocycles. The Hall–Kier alpha value is -2.28. The average molecular weight is 358 g/mol. The van der Waals surface area contributed by atoms with Gasteiger partial charge in [0.05, 0.1) is 6.10 Å². The van der Waals surface area contributed by atoms with Crippen LogP contribution in [-0.2, 0) is 16.0 Å². The minimum Gasteiger partial charge on any atom is -0.378 e. The molecule has 2 aromatic heterocycles. The molecular weight excluding hydrogens is 332 g/mol. The molecule has 0 saturated heterocycles. The summed E-state index contributed by atoms with van der Waals surface area (Å²) in [5.41, 5.74) is 0.845. The number of pyridine rings is 1. The number of nitrogens with one attached hydrogen (secondary N) is 1. The van der Waals surface area contributed by atoms with Crippen molar-refractivity contribution in [1.29, 1.82) is 0 Å². The standard InChI is InChI=1S/C19H26N4O3/c24-17(21-11-4-14-25-16-5-2-1-3-6-16)7-8-18-22-19(23-26-18)15-9-12-20-13-10-15/h9-10,12-13,16H,1-8,11,14H2,(H,21,24). The molecule has 1 amide bonds. The highest BCUT2D eigenvalue weighted by atomic mass is 16.5. The first-order chi connectivity index (χ1) is 12.8. The van der Waals surface area contributed by atoms with E-state index in [0.717, 1.165) is 12.0 Å². The Morgan fingerprint density at radius 2 is 2.04 bits per heavy atom. The van der Waals surface area contributed by atoms with Crippen LogP contribution in [0.25, 0.3) is 11.4 Å². The Kier molecular flexibility index (Phi) is 7.13. The third-order valence-electron chi connectivity index (χ3n) is 4.52. The van der Waals surface area contributed by atoms with E-state index >= 15 is 0 Å². The number of nitrogens with zero attached hydrogens (tertiary/aromatic N) is 3. The van der Waals surface area contributed by atoms with Crippen LogP contribution in [-0.4, -0.2) is 40.3 Å². The van der Waals surface area contributed by atoms with E-state index in [9.17, 15) is 4.79 Å². The van der Waals surface area contributed by atoms with Crippen molar-refractivity contribution >= 4 is 5.91 Å². The van der Waals surface area contributed by atoms with Crippen LogP contribution >= 0.6 is 0 Å². The highest BCUT2D eigenvalue weighted by molar-refractivity contribution is 5.75. The zero-order valence-corrected chi connectivity index (χ0v) is 15.0. The lowest BCUT2D eigenvalue weighted by atomic mass is 9.98. The van der Waals surface area contributed by atoms with Gasteiger partial charge in [-0.1, -0.05) is 24.4 Å². The molecule has 0 atom stereocenters. The molecule has 7 heteroatoms. The summed E-state index contributed by atoms with van der Waals surface area (Å²) in [6, 6.07) is 3.63. The summed E-state index contributed by atoms with van der Waals surface area (Å²) < 4.78 is 11.0. The normalized spacial score (nSPS) is 15.1. The molecular formula is C19H26N4O3. The molecule has 3 rings (SSSR count). The SMILES string of the molecule is O=C(CCc1nc(-c2ccncc2)no1)NCCCOC1CCCCC1. The first kappa shape index (κ1) is 18.5. The Morgan fingerprint density at radius 1 is 1.23 bits per heavy atom. The van der Waals surface area contributed by atoms with E-state index in [-0.39, 0.29) is 5.91 Å². The average Bonchev–Trinajstić information content (AvgIpc) is 3.17. The van der Waals surface area contributed by atoms with Crippen molar-refractivity contribution in [3.8, 4) is 11.4 Å². The molecule has 1 fully saturated rings. The topological polar surface area (TPSA) is 90.1 Å². The number of carbonyl (C=O) groups excluding carboxylic acids is 1. The van der Waals surface area contributed by atoms with E-state index < -0.39 is 0 Å². The summed E-state index contributed by atoms with van der Waals surface area (Å²) >= 11 is 0. The molecule has 1 N–H and O–H groups in total. The summed E-state index contributed by atoms with van der Waals surface area (Å²) in [5, 5.41) is 6.85. The Balaban J connectivity index is 1.29. The maximum atomic E-state index is 11.9. The third-order valence-corrected chi connectivity index (χ3v) is 4.52. The van der Waals surface area contributed by atoms with E-state index in [1.807, 2.05) is 12.1 Å². The molecule has 0 unspecified atom stereocenters.